The monoisotopic (exact) mass is 465 g/mol. The van der Waals surface area contributed by atoms with Crippen LogP contribution < -0.4 is 10.6 Å². The number of aliphatic imine (C=N–C) groups is 1. The molecule has 1 amide bonds. The number of thiazole rings is 1. The highest BCUT2D eigenvalue weighted by Crippen LogP contribution is 2.17. The van der Waals surface area contributed by atoms with Gasteiger partial charge in [0.2, 0.25) is 5.91 Å². The minimum Gasteiger partial charge on any atom is -0.356 e. The van der Waals surface area contributed by atoms with Crippen LogP contribution in [0.2, 0.25) is 0 Å². The topological polar surface area (TPSA) is 69.6 Å². The molecule has 0 atom stereocenters. The van der Waals surface area contributed by atoms with E-state index in [0.717, 1.165) is 23.9 Å². The predicted octanol–water partition coefficient (Wildman–Crippen LogP) is 2.18. The van der Waals surface area contributed by atoms with Crippen LogP contribution in [0, 0.1) is 6.92 Å². The van der Waals surface area contributed by atoms with Gasteiger partial charge in [-0.3, -0.25) is 4.79 Å². The van der Waals surface area contributed by atoms with E-state index in [9.17, 15) is 4.79 Å². The number of likely N-dealkylation sites (N-methyl/N-ethyl adjacent to an activating group) is 1. The van der Waals surface area contributed by atoms with E-state index in [1.54, 1.807) is 30.3 Å². The van der Waals surface area contributed by atoms with Gasteiger partial charge in [0.1, 0.15) is 6.54 Å². The van der Waals surface area contributed by atoms with Gasteiger partial charge in [0.15, 0.2) is 5.96 Å². The molecule has 1 heterocycles. The third-order valence-corrected chi connectivity index (χ3v) is 4.84. The number of guanidine groups is 1. The molecule has 0 radical (unpaired) electrons. The molecule has 0 saturated heterocycles. The summed E-state index contributed by atoms with van der Waals surface area (Å²) in [7, 11) is 3.50. The smallest absolute Gasteiger partial charge is 0.243 e. The molecule has 0 aromatic carbocycles. The lowest BCUT2D eigenvalue weighted by molar-refractivity contribution is -0.127. The molecule has 0 spiro atoms. The van der Waals surface area contributed by atoms with Crippen molar-refractivity contribution in [3.63, 3.8) is 0 Å². The number of halogens is 1. The van der Waals surface area contributed by atoms with Crippen molar-refractivity contribution in [2.75, 3.05) is 27.2 Å². The Hall–Kier alpha value is -0.900. The molecule has 1 aliphatic carbocycles. The van der Waals surface area contributed by atoms with Gasteiger partial charge in [0.05, 0.1) is 5.01 Å². The molecule has 136 valence electrons. The SMILES string of the molecule is Cc1cnc(CCNC(=NCC(=O)N(C)C)NC2CCCC2)s1.I. The minimum atomic E-state index is 0. The van der Waals surface area contributed by atoms with Gasteiger partial charge in [-0.2, -0.15) is 0 Å². The van der Waals surface area contributed by atoms with E-state index >= 15 is 0 Å². The fourth-order valence-corrected chi connectivity index (χ4v) is 3.30. The van der Waals surface area contributed by atoms with E-state index in [0.29, 0.717) is 6.04 Å². The van der Waals surface area contributed by atoms with Crippen LogP contribution in [0.15, 0.2) is 11.2 Å². The lowest BCUT2D eigenvalue weighted by Crippen LogP contribution is -2.43. The van der Waals surface area contributed by atoms with Gasteiger partial charge >= 0.3 is 0 Å². The number of aryl methyl sites for hydroxylation is 1. The van der Waals surface area contributed by atoms with Crippen molar-refractivity contribution in [1.29, 1.82) is 0 Å². The van der Waals surface area contributed by atoms with Crippen molar-refractivity contribution in [1.82, 2.24) is 20.5 Å². The summed E-state index contributed by atoms with van der Waals surface area (Å²) in [6, 6.07) is 0.470. The second-order valence-corrected chi connectivity index (χ2v) is 7.44. The number of nitrogens with zero attached hydrogens (tertiary/aromatic N) is 3. The minimum absolute atomic E-state index is 0. The summed E-state index contributed by atoms with van der Waals surface area (Å²) in [5, 5.41) is 7.91. The maximum absolute atomic E-state index is 11.7. The van der Waals surface area contributed by atoms with Crippen molar-refractivity contribution in [2.24, 2.45) is 4.99 Å². The Morgan fingerprint density at radius 1 is 1.42 bits per heavy atom. The van der Waals surface area contributed by atoms with Crippen LogP contribution in [-0.4, -0.2) is 55.0 Å². The summed E-state index contributed by atoms with van der Waals surface area (Å²) in [4.78, 5) is 23.3. The van der Waals surface area contributed by atoms with Gasteiger partial charge < -0.3 is 15.5 Å². The van der Waals surface area contributed by atoms with Crippen molar-refractivity contribution < 1.29 is 4.79 Å². The predicted molar refractivity (Wildman–Crippen MR) is 110 cm³/mol. The Kier molecular flexibility index (Phi) is 9.57. The lowest BCUT2D eigenvalue weighted by atomic mass is 10.2. The summed E-state index contributed by atoms with van der Waals surface area (Å²) < 4.78 is 0. The lowest BCUT2D eigenvalue weighted by Gasteiger charge is -2.17. The molecular formula is C16H28IN5OS. The maximum atomic E-state index is 11.7. The summed E-state index contributed by atoms with van der Waals surface area (Å²) in [5.74, 6) is 0.744. The first-order valence-corrected chi connectivity index (χ1v) is 9.02. The largest absolute Gasteiger partial charge is 0.356 e. The Labute approximate surface area is 165 Å². The first-order valence-electron chi connectivity index (χ1n) is 8.21. The molecule has 1 aliphatic rings. The summed E-state index contributed by atoms with van der Waals surface area (Å²) >= 11 is 1.72. The number of carbonyl (C=O) groups is 1. The number of nitrogens with one attached hydrogen (secondary N) is 2. The average Bonchev–Trinajstić information content (AvgIpc) is 3.16. The van der Waals surface area contributed by atoms with Gasteiger partial charge in [-0.15, -0.1) is 35.3 Å². The van der Waals surface area contributed by atoms with Crippen LogP contribution in [0.25, 0.3) is 0 Å². The second kappa shape index (κ2) is 10.9. The van der Waals surface area contributed by atoms with Gasteiger partial charge in [0.25, 0.3) is 0 Å². The van der Waals surface area contributed by atoms with Crippen LogP contribution in [-0.2, 0) is 11.2 Å². The highest BCUT2D eigenvalue weighted by molar-refractivity contribution is 14.0. The first-order chi connectivity index (χ1) is 11.0. The van der Waals surface area contributed by atoms with Gasteiger partial charge in [-0.1, -0.05) is 12.8 Å². The highest BCUT2D eigenvalue weighted by atomic mass is 127. The molecule has 1 fully saturated rings. The fraction of sp³-hybridized carbons (Fsp3) is 0.688. The number of amides is 1. The highest BCUT2D eigenvalue weighted by Gasteiger charge is 2.16. The second-order valence-electron chi connectivity index (χ2n) is 6.12. The van der Waals surface area contributed by atoms with E-state index < -0.39 is 0 Å². The molecule has 2 rings (SSSR count). The van der Waals surface area contributed by atoms with Crippen LogP contribution >= 0.6 is 35.3 Å². The Balaban J connectivity index is 0.00000288. The molecular weight excluding hydrogens is 437 g/mol. The van der Waals surface area contributed by atoms with Crippen LogP contribution in [0.1, 0.15) is 35.6 Å². The van der Waals surface area contributed by atoms with Crippen molar-refractivity contribution in [2.45, 2.75) is 45.1 Å². The fourth-order valence-electron chi connectivity index (χ4n) is 2.51. The molecule has 1 saturated carbocycles. The van der Waals surface area contributed by atoms with Gasteiger partial charge in [0, 0.05) is 44.2 Å². The van der Waals surface area contributed by atoms with Crippen molar-refractivity contribution >= 4 is 47.2 Å². The summed E-state index contributed by atoms with van der Waals surface area (Å²) in [5.41, 5.74) is 0. The average molecular weight is 465 g/mol. The number of hydrogen-bond donors (Lipinski definition) is 2. The van der Waals surface area contributed by atoms with E-state index in [-0.39, 0.29) is 36.4 Å². The maximum Gasteiger partial charge on any atom is 0.243 e. The van der Waals surface area contributed by atoms with Crippen molar-refractivity contribution in [3.8, 4) is 0 Å². The van der Waals surface area contributed by atoms with E-state index in [1.165, 1.54) is 30.6 Å². The molecule has 8 heteroatoms. The van der Waals surface area contributed by atoms with Crippen molar-refractivity contribution in [3.05, 3.63) is 16.1 Å². The molecule has 6 nitrogen and oxygen atoms in total. The first kappa shape index (κ1) is 21.1. The standard InChI is InChI=1S/C16H27N5OS.HI/c1-12-10-18-14(23-12)8-9-17-16(19-11-15(22)21(2)3)20-13-6-4-5-7-13;/h10,13H,4-9,11H2,1-3H3,(H2,17,19,20);1H. The van der Waals surface area contributed by atoms with Crippen LogP contribution in [0.5, 0.6) is 0 Å². The van der Waals surface area contributed by atoms with E-state index in [4.69, 9.17) is 0 Å². The number of carbonyl (C=O) groups excluding carboxylic acids is 1. The zero-order valence-corrected chi connectivity index (χ0v) is 17.8. The van der Waals surface area contributed by atoms with Gasteiger partial charge in [-0.05, 0) is 19.8 Å². The quantitative estimate of drug-likeness (QED) is 0.384. The summed E-state index contributed by atoms with van der Waals surface area (Å²) in [6.07, 6.45) is 7.65. The van der Waals surface area contributed by atoms with Crippen LogP contribution in [0.3, 0.4) is 0 Å². The third kappa shape index (κ3) is 7.33. The number of rotatable bonds is 6. The number of aromatic nitrogens is 1. The molecule has 0 bridgehead atoms. The molecule has 2 N–H and O–H groups in total. The Morgan fingerprint density at radius 2 is 2.12 bits per heavy atom. The Bertz CT molecular complexity index is 540. The molecule has 0 unspecified atom stereocenters. The van der Waals surface area contributed by atoms with Gasteiger partial charge in [-0.25, -0.2) is 9.98 Å². The molecule has 24 heavy (non-hydrogen) atoms. The zero-order chi connectivity index (χ0) is 16.7. The third-order valence-electron chi connectivity index (χ3n) is 3.87. The van der Waals surface area contributed by atoms with E-state index in [1.807, 2.05) is 6.20 Å². The Morgan fingerprint density at radius 3 is 2.71 bits per heavy atom. The molecule has 0 aliphatic heterocycles. The zero-order valence-electron chi connectivity index (χ0n) is 14.7. The normalized spacial score (nSPS) is 15.0. The van der Waals surface area contributed by atoms with E-state index in [2.05, 4.69) is 27.5 Å². The molecule has 1 aromatic heterocycles. The molecule has 1 aromatic rings. The number of hydrogen-bond acceptors (Lipinski definition) is 4. The summed E-state index contributed by atoms with van der Waals surface area (Å²) in [6.45, 7) is 3.00. The van der Waals surface area contributed by atoms with Crippen LogP contribution in [0.4, 0.5) is 0 Å².